The molecular formula is C44H56Cl2Zr-2. The van der Waals surface area contributed by atoms with Gasteiger partial charge in [0.05, 0.1) is 0 Å². The second-order valence-electron chi connectivity index (χ2n) is 15.8. The summed E-state index contributed by atoms with van der Waals surface area (Å²) in [5, 5.41) is 5.48. The van der Waals surface area contributed by atoms with Crippen LogP contribution in [0.15, 0.2) is 91.0 Å². The van der Waals surface area contributed by atoms with E-state index >= 15 is 0 Å². The third kappa shape index (κ3) is 11.1. The number of benzene rings is 3. The van der Waals surface area contributed by atoms with E-state index in [1.165, 1.54) is 69.5 Å². The number of rotatable bonds is 4. The summed E-state index contributed by atoms with van der Waals surface area (Å²) in [6, 6.07) is 33.5. The summed E-state index contributed by atoms with van der Waals surface area (Å²) >= 11 is 1.62. The fourth-order valence-electron chi connectivity index (χ4n) is 6.23. The van der Waals surface area contributed by atoms with Gasteiger partial charge < -0.3 is 24.8 Å². The summed E-state index contributed by atoms with van der Waals surface area (Å²) < 4.78 is 1.72. The maximum atomic E-state index is 2.46. The Balaban J connectivity index is 0.000000275. The summed E-state index contributed by atoms with van der Waals surface area (Å²) in [6.07, 6.45) is 5.71. The molecule has 0 bridgehead atoms. The van der Waals surface area contributed by atoms with E-state index in [1.54, 1.807) is 33.0 Å². The van der Waals surface area contributed by atoms with Crippen molar-refractivity contribution < 1.29 is 49.0 Å². The van der Waals surface area contributed by atoms with Gasteiger partial charge in [-0.2, -0.15) is 18.2 Å². The summed E-state index contributed by atoms with van der Waals surface area (Å²) in [5.74, 6) is 2.13. The molecule has 1 saturated carbocycles. The fourth-order valence-corrected chi connectivity index (χ4v) is 7.29. The average Bonchev–Trinajstić information content (AvgIpc) is 3.78. The predicted octanol–water partition coefficient (Wildman–Crippen LogP) is 6.91. The Hall–Kier alpha value is -1.79. The monoisotopic (exact) mass is 744 g/mol. The Morgan fingerprint density at radius 3 is 1.43 bits per heavy atom. The van der Waals surface area contributed by atoms with E-state index in [0.717, 1.165) is 5.92 Å². The molecule has 1 fully saturated rings. The van der Waals surface area contributed by atoms with Gasteiger partial charge >= 0.3 is 133 Å². The number of fused-ring (bicyclic) bond motifs is 3. The molecule has 0 aliphatic heterocycles. The smallest absolute Gasteiger partial charge is 0.172 e. The first-order chi connectivity index (χ1) is 21.1. The molecule has 6 rings (SSSR count). The third-order valence-electron chi connectivity index (χ3n) is 9.38. The molecule has 0 aromatic heterocycles. The van der Waals surface area contributed by atoms with Gasteiger partial charge in [0, 0.05) is 0 Å². The largest absolute Gasteiger partial charge is 1.00 e. The molecule has 1 aliphatic carbocycles. The van der Waals surface area contributed by atoms with Crippen LogP contribution in [-0.2, 0) is 35.1 Å². The van der Waals surface area contributed by atoms with E-state index in [9.17, 15) is 0 Å². The van der Waals surface area contributed by atoms with Crippen molar-refractivity contribution in [2.75, 3.05) is 0 Å². The van der Waals surface area contributed by atoms with Gasteiger partial charge in [-0.05, 0) is 10.8 Å². The minimum atomic E-state index is 0. The SMILES string of the molecule is CC(C)(C)c1ccc2c(c1)[cH-]c1cc(C(C)(C)C)ccc12.CC(C)c1cc([C](=[Zr+2])C2CCCC2)cc(C(C)C)c1.[Cl-].[Cl-].c1cc[cH-]c1. The minimum absolute atomic E-state index is 0. The van der Waals surface area contributed by atoms with Crippen molar-refractivity contribution in [3.8, 4) is 0 Å². The van der Waals surface area contributed by atoms with Gasteiger partial charge in [-0.15, -0.1) is 39.7 Å². The topological polar surface area (TPSA) is 0 Å². The summed E-state index contributed by atoms with van der Waals surface area (Å²) in [5.41, 5.74) is 7.78. The molecule has 0 amide bonds. The van der Waals surface area contributed by atoms with Crippen molar-refractivity contribution in [1.29, 1.82) is 0 Å². The van der Waals surface area contributed by atoms with Crippen LogP contribution in [-0.4, -0.2) is 3.21 Å². The molecule has 0 radical (unpaired) electrons. The zero-order chi connectivity index (χ0) is 32.9. The zero-order valence-electron chi connectivity index (χ0n) is 30.5. The number of hydrogen-bond donors (Lipinski definition) is 0. The third-order valence-corrected chi connectivity index (χ3v) is 11.1. The van der Waals surface area contributed by atoms with Crippen LogP contribution >= 0.6 is 0 Å². The molecule has 1 aliphatic rings. The molecule has 0 N–H and O–H groups in total. The van der Waals surface area contributed by atoms with Gasteiger partial charge in [-0.1, -0.05) is 76.9 Å². The van der Waals surface area contributed by atoms with Crippen LogP contribution in [0.2, 0.25) is 0 Å². The first kappa shape index (κ1) is 41.4. The number of halogens is 2. The Morgan fingerprint density at radius 2 is 1.09 bits per heavy atom. The second kappa shape index (κ2) is 17.7. The zero-order valence-corrected chi connectivity index (χ0v) is 34.4. The molecule has 0 nitrogen and oxygen atoms in total. The average molecular weight is 747 g/mol. The van der Waals surface area contributed by atoms with Crippen molar-refractivity contribution >= 4 is 24.8 Å². The Bertz CT molecular complexity index is 1570. The summed E-state index contributed by atoms with van der Waals surface area (Å²) in [4.78, 5) is 0. The molecule has 0 saturated heterocycles. The van der Waals surface area contributed by atoms with Gasteiger partial charge in [0.15, 0.2) is 0 Å². The molecule has 0 spiro atoms. The van der Waals surface area contributed by atoms with E-state index in [0.29, 0.717) is 11.8 Å². The van der Waals surface area contributed by atoms with Crippen LogP contribution in [0.5, 0.6) is 0 Å². The van der Waals surface area contributed by atoms with E-state index in [2.05, 4.69) is 130 Å². The molecular weight excluding hydrogens is 691 g/mol. The first-order valence-electron chi connectivity index (χ1n) is 17.2. The van der Waals surface area contributed by atoms with Gasteiger partial charge in [0.25, 0.3) is 0 Å². The van der Waals surface area contributed by atoms with Crippen LogP contribution in [0.25, 0.3) is 21.5 Å². The molecule has 47 heavy (non-hydrogen) atoms. The van der Waals surface area contributed by atoms with Crippen LogP contribution in [0.1, 0.15) is 135 Å². The van der Waals surface area contributed by atoms with E-state index in [4.69, 9.17) is 0 Å². The van der Waals surface area contributed by atoms with Gasteiger partial charge in [-0.3, -0.25) is 0 Å². The maximum absolute atomic E-state index is 2.46. The molecule has 0 heterocycles. The van der Waals surface area contributed by atoms with Crippen molar-refractivity contribution in [2.45, 2.75) is 118 Å². The quantitative estimate of drug-likeness (QED) is 0.176. The van der Waals surface area contributed by atoms with E-state index in [1.807, 2.05) is 30.3 Å². The van der Waals surface area contributed by atoms with Gasteiger partial charge in [0.2, 0.25) is 0 Å². The molecule has 252 valence electrons. The van der Waals surface area contributed by atoms with Crippen molar-refractivity contribution in [1.82, 2.24) is 0 Å². The van der Waals surface area contributed by atoms with Crippen LogP contribution in [0.3, 0.4) is 0 Å². The second-order valence-corrected chi connectivity index (χ2v) is 17.1. The Morgan fingerprint density at radius 1 is 0.660 bits per heavy atom. The van der Waals surface area contributed by atoms with Crippen molar-refractivity contribution in [2.24, 2.45) is 5.92 Å². The first-order valence-corrected chi connectivity index (χ1v) is 18.4. The summed E-state index contributed by atoms with van der Waals surface area (Å²) in [6.45, 7) is 22.9. The summed E-state index contributed by atoms with van der Waals surface area (Å²) in [7, 11) is 0. The maximum Gasteiger partial charge on any atom is -0.172 e. The number of hydrogen-bond acceptors (Lipinski definition) is 0. The molecule has 0 unspecified atom stereocenters. The van der Waals surface area contributed by atoms with Crippen LogP contribution < -0.4 is 24.8 Å². The van der Waals surface area contributed by atoms with E-state index < -0.39 is 0 Å². The van der Waals surface area contributed by atoms with Crippen molar-refractivity contribution in [3.63, 3.8) is 0 Å². The van der Waals surface area contributed by atoms with Gasteiger partial charge in [0.1, 0.15) is 0 Å². The normalized spacial score (nSPS) is 13.5. The van der Waals surface area contributed by atoms with E-state index in [-0.39, 0.29) is 35.6 Å². The van der Waals surface area contributed by atoms with Gasteiger partial charge in [-0.25, -0.2) is 12.1 Å². The molecule has 0 atom stereocenters. The van der Waals surface area contributed by atoms with Crippen LogP contribution in [0.4, 0.5) is 0 Å². The minimum Gasteiger partial charge on any atom is -1.00 e. The molecule has 5 aromatic rings. The fraction of sp³-hybridized carbons (Fsp3) is 0.432. The van der Waals surface area contributed by atoms with Crippen molar-refractivity contribution in [3.05, 3.63) is 119 Å². The molecule has 3 heteroatoms. The Labute approximate surface area is 314 Å². The molecule has 5 aromatic carbocycles. The predicted molar refractivity (Wildman–Crippen MR) is 197 cm³/mol. The Kier molecular flexibility index (Phi) is 15.6. The standard InChI is InChI=1S/C21H25.C18H26.C5H5.2ClH.Zr/c1-20(2,3)16-7-9-18-14(12-16)11-15-13-17(21(4,5)6)8-10-19(15)18;1-13(2)17-10-16(9-15-7-5-6-8-15)11-18(12-17)14(3)4;1-2-4-5-3-1;;;/h7-13H,1-6H3;10-15H,5-8H2,1-4H3;1-5H;2*1H;/q-1;;-1;;;+2/p-2. The van der Waals surface area contributed by atoms with Crippen LogP contribution in [0, 0.1) is 5.92 Å².